The average Bonchev–Trinajstić information content (AvgIpc) is 2.95. The van der Waals surface area contributed by atoms with Gasteiger partial charge in [0.2, 0.25) is 0 Å². The summed E-state index contributed by atoms with van der Waals surface area (Å²) in [5.74, 6) is 0.0144. The molecule has 0 aliphatic heterocycles. The molecule has 2 rings (SSSR count). The Bertz CT molecular complexity index is 846. The number of guanidine groups is 1. The fourth-order valence-corrected chi connectivity index (χ4v) is 1.86. The lowest BCUT2D eigenvalue weighted by atomic mass is 10.1. The molecule has 0 spiro atoms. The number of hydrazine groups is 1. The number of non-ortho nitro benzene ring substituents is 1. The van der Waals surface area contributed by atoms with Gasteiger partial charge < -0.3 is 10.2 Å². The molecule has 1 aromatic heterocycles. The number of nitro benzene ring substituents is 1. The van der Waals surface area contributed by atoms with Gasteiger partial charge in [-0.1, -0.05) is 17.0 Å². The number of benzene rings is 1. The number of hydrogen-bond donors (Lipinski definition) is 2. The van der Waals surface area contributed by atoms with E-state index in [1.165, 1.54) is 30.3 Å². The molecule has 12 heteroatoms. The molecule has 0 aliphatic carbocycles. The maximum Gasteiger partial charge on any atom is 0.275 e. The highest BCUT2D eigenvalue weighted by molar-refractivity contribution is 6.33. The third-order valence-corrected chi connectivity index (χ3v) is 2.94. The second-order valence-electron chi connectivity index (χ2n) is 4.22. The van der Waals surface area contributed by atoms with Gasteiger partial charge in [0.05, 0.1) is 16.2 Å². The van der Waals surface area contributed by atoms with Crippen molar-refractivity contribution >= 4 is 29.5 Å². The number of nitrogens with two attached hydrogens (primary N) is 1. The molecule has 0 amide bonds. The highest BCUT2D eigenvalue weighted by atomic mass is 35.5. The van der Waals surface area contributed by atoms with Crippen LogP contribution in [0.3, 0.4) is 0 Å². The van der Waals surface area contributed by atoms with E-state index in [0.717, 1.165) is 6.21 Å². The zero-order chi connectivity index (χ0) is 17.7. The normalized spacial score (nSPS) is 11.6. The summed E-state index contributed by atoms with van der Waals surface area (Å²) >= 11 is 6.01. The summed E-state index contributed by atoms with van der Waals surface area (Å²) in [4.78, 5) is 20.4. The summed E-state index contributed by atoms with van der Waals surface area (Å²) in [6, 6.07) is 6.99. The number of nitrogens with zero attached hydrogens (tertiary/aromatic N) is 4. The molecule has 0 saturated carbocycles. The van der Waals surface area contributed by atoms with Crippen molar-refractivity contribution in [1.82, 2.24) is 5.43 Å². The SMILES string of the molecule is NC(=N/N=C\c1ccc(-c2cc([N+](=O)[O-])ccc2Cl)o1)N[N+](=O)[O-]. The van der Waals surface area contributed by atoms with Gasteiger partial charge in [-0.25, -0.2) is 10.1 Å². The molecule has 3 N–H and O–H groups in total. The second kappa shape index (κ2) is 7.19. The minimum absolute atomic E-state index is 0.135. The van der Waals surface area contributed by atoms with E-state index in [2.05, 4.69) is 10.2 Å². The highest BCUT2D eigenvalue weighted by Crippen LogP contribution is 2.32. The van der Waals surface area contributed by atoms with Crippen molar-refractivity contribution in [2.45, 2.75) is 0 Å². The summed E-state index contributed by atoms with van der Waals surface area (Å²) in [7, 11) is 0. The quantitative estimate of drug-likeness (QED) is 0.359. The van der Waals surface area contributed by atoms with Crippen LogP contribution < -0.4 is 11.2 Å². The van der Waals surface area contributed by atoms with Crippen molar-refractivity contribution in [1.29, 1.82) is 0 Å². The van der Waals surface area contributed by atoms with E-state index in [4.69, 9.17) is 21.8 Å². The van der Waals surface area contributed by atoms with Gasteiger partial charge in [-0.15, -0.1) is 5.10 Å². The van der Waals surface area contributed by atoms with Crippen LogP contribution in [0, 0.1) is 20.2 Å². The largest absolute Gasteiger partial charge is 0.455 e. The van der Waals surface area contributed by atoms with Crippen molar-refractivity contribution in [2.24, 2.45) is 15.9 Å². The van der Waals surface area contributed by atoms with Crippen molar-refractivity contribution in [3.63, 3.8) is 0 Å². The number of furan rings is 1. The van der Waals surface area contributed by atoms with Crippen LogP contribution in [0.1, 0.15) is 5.76 Å². The molecule has 0 atom stereocenters. The predicted octanol–water partition coefficient (Wildman–Crippen LogP) is 1.94. The average molecular weight is 353 g/mol. The minimum atomic E-state index is -0.885. The van der Waals surface area contributed by atoms with Crippen molar-refractivity contribution in [2.75, 3.05) is 0 Å². The van der Waals surface area contributed by atoms with E-state index in [-0.39, 0.29) is 22.2 Å². The fraction of sp³-hybridized carbons (Fsp3) is 0. The Hall–Kier alpha value is -3.47. The van der Waals surface area contributed by atoms with E-state index in [0.29, 0.717) is 5.56 Å². The van der Waals surface area contributed by atoms with E-state index < -0.39 is 15.9 Å². The fourth-order valence-electron chi connectivity index (χ4n) is 1.65. The van der Waals surface area contributed by atoms with Crippen LogP contribution in [0.4, 0.5) is 5.69 Å². The number of nitrogens with one attached hydrogen (secondary N) is 1. The van der Waals surface area contributed by atoms with Crippen molar-refractivity contribution < 1.29 is 14.4 Å². The first kappa shape index (κ1) is 16.9. The van der Waals surface area contributed by atoms with E-state index >= 15 is 0 Å². The summed E-state index contributed by atoms with van der Waals surface area (Å²) in [5, 5.41) is 27.2. The third-order valence-electron chi connectivity index (χ3n) is 2.61. The zero-order valence-electron chi connectivity index (χ0n) is 11.7. The Kier molecular flexibility index (Phi) is 5.06. The Morgan fingerprint density at radius 2 is 2.04 bits per heavy atom. The molecular formula is C12H9ClN6O5. The number of rotatable bonds is 5. The van der Waals surface area contributed by atoms with Crippen LogP contribution in [0.25, 0.3) is 11.3 Å². The van der Waals surface area contributed by atoms with Gasteiger partial charge in [-0.05, 0) is 18.2 Å². The van der Waals surface area contributed by atoms with Crippen LogP contribution in [0.5, 0.6) is 0 Å². The minimum Gasteiger partial charge on any atom is -0.455 e. The molecule has 1 aromatic carbocycles. The van der Waals surface area contributed by atoms with Gasteiger partial charge in [-0.2, -0.15) is 5.10 Å². The van der Waals surface area contributed by atoms with E-state index in [9.17, 15) is 20.2 Å². The van der Waals surface area contributed by atoms with Crippen LogP contribution in [0.15, 0.2) is 45.0 Å². The molecule has 0 saturated heterocycles. The summed E-state index contributed by atoms with van der Waals surface area (Å²) < 4.78 is 5.43. The van der Waals surface area contributed by atoms with Crippen LogP contribution in [-0.2, 0) is 0 Å². The molecular weight excluding hydrogens is 344 g/mol. The Labute approximate surface area is 138 Å². The first-order valence-corrected chi connectivity index (χ1v) is 6.56. The lowest BCUT2D eigenvalue weighted by Gasteiger charge is -2.00. The van der Waals surface area contributed by atoms with Gasteiger partial charge in [0.1, 0.15) is 11.5 Å². The molecule has 0 bridgehead atoms. The third kappa shape index (κ3) is 4.27. The van der Waals surface area contributed by atoms with Gasteiger partial charge in [0, 0.05) is 17.7 Å². The van der Waals surface area contributed by atoms with Crippen LogP contribution in [0.2, 0.25) is 5.02 Å². The summed E-state index contributed by atoms with van der Waals surface area (Å²) in [6.07, 6.45) is 1.16. The molecule has 11 nitrogen and oxygen atoms in total. The number of hydrogen-bond acceptors (Lipinski definition) is 7. The first-order chi connectivity index (χ1) is 11.4. The summed E-state index contributed by atoms with van der Waals surface area (Å²) in [6.45, 7) is 0. The second-order valence-corrected chi connectivity index (χ2v) is 4.63. The maximum atomic E-state index is 10.8. The zero-order valence-corrected chi connectivity index (χ0v) is 12.5. The van der Waals surface area contributed by atoms with Gasteiger partial charge >= 0.3 is 0 Å². The topological polar surface area (TPSA) is 162 Å². The smallest absolute Gasteiger partial charge is 0.275 e. The Balaban J connectivity index is 2.21. The lowest BCUT2D eigenvalue weighted by Crippen LogP contribution is -2.35. The number of halogens is 1. The predicted molar refractivity (Wildman–Crippen MR) is 85.2 cm³/mol. The first-order valence-electron chi connectivity index (χ1n) is 6.18. The molecule has 124 valence electrons. The highest BCUT2D eigenvalue weighted by Gasteiger charge is 2.14. The lowest BCUT2D eigenvalue weighted by molar-refractivity contribution is -0.525. The molecule has 0 unspecified atom stereocenters. The molecule has 24 heavy (non-hydrogen) atoms. The molecule has 0 aliphatic rings. The van der Waals surface area contributed by atoms with Crippen molar-refractivity contribution in [3.8, 4) is 11.3 Å². The van der Waals surface area contributed by atoms with Gasteiger partial charge in [0.25, 0.3) is 11.6 Å². The van der Waals surface area contributed by atoms with Gasteiger partial charge in [-0.3, -0.25) is 10.1 Å². The van der Waals surface area contributed by atoms with Crippen molar-refractivity contribution in [3.05, 3.63) is 61.3 Å². The monoisotopic (exact) mass is 352 g/mol. The van der Waals surface area contributed by atoms with Crippen LogP contribution in [-0.4, -0.2) is 22.1 Å². The van der Waals surface area contributed by atoms with E-state index in [1.807, 2.05) is 0 Å². The maximum absolute atomic E-state index is 10.8. The molecule has 1 heterocycles. The number of nitro groups is 2. The summed E-state index contributed by atoms with van der Waals surface area (Å²) in [5.41, 5.74) is 6.98. The van der Waals surface area contributed by atoms with Crippen LogP contribution >= 0.6 is 11.6 Å². The van der Waals surface area contributed by atoms with E-state index in [1.54, 1.807) is 5.43 Å². The van der Waals surface area contributed by atoms with Gasteiger partial charge in [0.15, 0.2) is 5.03 Å². The standard InChI is InChI=1S/C12H9ClN6O5/c13-10-3-1-7(18(20)21)5-9(10)11-4-2-8(24-11)6-15-16-12(14)17-19(22)23/h1-6H,(H3,14,16,17)/b15-6-. The molecule has 0 radical (unpaired) electrons. The molecule has 2 aromatic rings. The Morgan fingerprint density at radius 1 is 1.29 bits per heavy atom. The molecule has 0 fully saturated rings. The Morgan fingerprint density at radius 3 is 2.71 bits per heavy atom.